The SMILES string of the molecule is COc1ccc(F)cc1C(CC1CC2CCC1C2)NN. The summed E-state index contributed by atoms with van der Waals surface area (Å²) >= 11 is 0. The van der Waals surface area contributed by atoms with Crippen LogP contribution in [-0.2, 0) is 0 Å². The van der Waals surface area contributed by atoms with Crippen molar-refractivity contribution >= 4 is 0 Å². The van der Waals surface area contributed by atoms with Gasteiger partial charge in [-0.3, -0.25) is 11.3 Å². The van der Waals surface area contributed by atoms with Crippen LogP contribution in [0.5, 0.6) is 5.75 Å². The van der Waals surface area contributed by atoms with Gasteiger partial charge in [-0.15, -0.1) is 0 Å². The number of hydrogen-bond donors (Lipinski definition) is 2. The van der Waals surface area contributed by atoms with Gasteiger partial charge >= 0.3 is 0 Å². The second kappa shape index (κ2) is 5.70. The Labute approximate surface area is 119 Å². The summed E-state index contributed by atoms with van der Waals surface area (Å²) in [6.45, 7) is 0. The number of hydrogen-bond acceptors (Lipinski definition) is 3. The molecule has 2 saturated carbocycles. The third-order valence-electron chi connectivity index (χ3n) is 5.19. The van der Waals surface area contributed by atoms with Crippen LogP contribution >= 0.6 is 0 Å². The van der Waals surface area contributed by atoms with Crippen LogP contribution in [-0.4, -0.2) is 7.11 Å². The molecule has 3 N–H and O–H groups in total. The standard InChI is InChI=1S/C16H23FN2O/c1-20-16-5-4-13(17)9-14(16)15(19-18)8-12-7-10-2-3-11(12)6-10/h4-5,9-12,15,19H,2-3,6-8,18H2,1H3. The summed E-state index contributed by atoms with van der Waals surface area (Å²) in [6, 6.07) is 4.60. The molecular weight excluding hydrogens is 255 g/mol. The van der Waals surface area contributed by atoms with Crippen LogP contribution in [0.15, 0.2) is 18.2 Å². The molecule has 0 amide bonds. The third-order valence-corrected chi connectivity index (χ3v) is 5.19. The fourth-order valence-corrected chi connectivity index (χ4v) is 4.23. The molecule has 2 aliphatic rings. The van der Waals surface area contributed by atoms with E-state index in [1.807, 2.05) is 0 Å². The van der Waals surface area contributed by atoms with E-state index < -0.39 is 0 Å². The molecule has 4 heteroatoms. The van der Waals surface area contributed by atoms with E-state index in [0.717, 1.165) is 23.8 Å². The Morgan fingerprint density at radius 3 is 2.85 bits per heavy atom. The highest BCUT2D eigenvalue weighted by Gasteiger charge is 2.40. The van der Waals surface area contributed by atoms with Gasteiger partial charge < -0.3 is 4.74 Å². The van der Waals surface area contributed by atoms with Crippen molar-refractivity contribution in [1.29, 1.82) is 0 Å². The maximum atomic E-state index is 13.5. The van der Waals surface area contributed by atoms with Gasteiger partial charge in [0.25, 0.3) is 0 Å². The molecule has 0 radical (unpaired) electrons. The molecule has 0 spiro atoms. The van der Waals surface area contributed by atoms with Crippen molar-refractivity contribution in [3.63, 3.8) is 0 Å². The molecule has 3 rings (SSSR count). The molecule has 20 heavy (non-hydrogen) atoms. The van der Waals surface area contributed by atoms with Crippen LogP contribution in [0.25, 0.3) is 0 Å². The minimum atomic E-state index is -0.242. The zero-order chi connectivity index (χ0) is 14.1. The first-order chi connectivity index (χ1) is 9.71. The average molecular weight is 278 g/mol. The number of methoxy groups -OCH3 is 1. The maximum absolute atomic E-state index is 13.5. The molecule has 0 aromatic heterocycles. The summed E-state index contributed by atoms with van der Waals surface area (Å²) in [6.07, 6.45) is 6.40. The van der Waals surface area contributed by atoms with Crippen molar-refractivity contribution in [1.82, 2.24) is 5.43 Å². The third kappa shape index (κ3) is 2.54. The quantitative estimate of drug-likeness (QED) is 0.642. The van der Waals surface area contributed by atoms with E-state index in [1.165, 1.54) is 37.8 Å². The summed E-state index contributed by atoms with van der Waals surface area (Å²) in [5.41, 5.74) is 3.69. The minimum Gasteiger partial charge on any atom is -0.496 e. The molecule has 1 aromatic carbocycles. The van der Waals surface area contributed by atoms with Crippen molar-refractivity contribution in [2.24, 2.45) is 23.6 Å². The van der Waals surface area contributed by atoms with Gasteiger partial charge in [0, 0.05) is 11.6 Å². The number of fused-ring (bicyclic) bond motifs is 2. The molecule has 4 unspecified atom stereocenters. The first-order valence-corrected chi connectivity index (χ1v) is 7.50. The van der Waals surface area contributed by atoms with Crippen LogP contribution in [0.1, 0.15) is 43.7 Å². The minimum absolute atomic E-state index is 0.0370. The molecule has 3 nitrogen and oxygen atoms in total. The highest BCUT2D eigenvalue weighted by Crippen LogP contribution is 2.51. The highest BCUT2D eigenvalue weighted by atomic mass is 19.1. The predicted molar refractivity (Wildman–Crippen MR) is 76.6 cm³/mol. The number of benzene rings is 1. The van der Waals surface area contributed by atoms with Crippen molar-refractivity contribution < 1.29 is 9.13 Å². The van der Waals surface area contributed by atoms with E-state index in [0.29, 0.717) is 11.7 Å². The Morgan fingerprint density at radius 1 is 1.40 bits per heavy atom. The van der Waals surface area contributed by atoms with E-state index in [4.69, 9.17) is 10.6 Å². The van der Waals surface area contributed by atoms with Gasteiger partial charge in [0.2, 0.25) is 0 Å². The predicted octanol–water partition coefficient (Wildman–Crippen LogP) is 3.17. The van der Waals surface area contributed by atoms with Gasteiger partial charge in [-0.1, -0.05) is 6.42 Å². The van der Waals surface area contributed by atoms with Crippen LogP contribution in [0.3, 0.4) is 0 Å². The largest absolute Gasteiger partial charge is 0.496 e. The highest BCUT2D eigenvalue weighted by molar-refractivity contribution is 5.36. The van der Waals surface area contributed by atoms with E-state index in [2.05, 4.69) is 5.43 Å². The van der Waals surface area contributed by atoms with Gasteiger partial charge in [0.15, 0.2) is 0 Å². The monoisotopic (exact) mass is 278 g/mol. The number of nitrogens with two attached hydrogens (primary N) is 1. The molecule has 4 atom stereocenters. The molecule has 2 fully saturated rings. The van der Waals surface area contributed by atoms with Gasteiger partial charge in [0.1, 0.15) is 11.6 Å². The van der Waals surface area contributed by atoms with E-state index in [1.54, 1.807) is 13.2 Å². The van der Waals surface area contributed by atoms with Gasteiger partial charge in [0.05, 0.1) is 7.11 Å². The molecule has 0 saturated heterocycles. The van der Waals surface area contributed by atoms with E-state index in [-0.39, 0.29) is 11.9 Å². The van der Waals surface area contributed by atoms with Gasteiger partial charge in [-0.25, -0.2) is 4.39 Å². The van der Waals surface area contributed by atoms with Crippen molar-refractivity contribution in [3.8, 4) is 5.75 Å². The van der Waals surface area contributed by atoms with Crippen LogP contribution in [0, 0.1) is 23.6 Å². The zero-order valence-electron chi connectivity index (χ0n) is 11.9. The summed E-state index contributed by atoms with van der Waals surface area (Å²) in [7, 11) is 1.61. The second-order valence-electron chi connectivity index (χ2n) is 6.28. The molecule has 1 aromatic rings. The van der Waals surface area contributed by atoms with E-state index >= 15 is 0 Å². The summed E-state index contributed by atoms with van der Waals surface area (Å²) < 4.78 is 18.9. The Balaban J connectivity index is 1.77. The first-order valence-electron chi connectivity index (χ1n) is 7.50. The molecular formula is C16H23FN2O. The average Bonchev–Trinajstić information content (AvgIpc) is 3.07. The van der Waals surface area contributed by atoms with Gasteiger partial charge in [-0.05, 0) is 61.6 Å². The summed E-state index contributed by atoms with van der Waals surface area (Å²) in [4.78, 5) is 0. The van der Waals surface area contributed by atoms with Crippen LogP contribution in [0.4, 0.5) is 4.39 Å². The number of hydrazine groups is 1. The number of halogens is 1. The maximum Gasteiger partial charge on any atom is 0.123 e. The molecule has 2 bridgehead atoms. The fourth-order valence-electron chi connectivity index (χ4n) is 4.23. The Bertz CT molecular complexity index is 480. The lowest BCUT2D eigenvalue weighted by Crippen LogP contribution is -2.31. The second-order valence-corrected chi connectivity index (χ2v) is 6.28. The van der Waals surface area contributed by atoms with Crippen molar-refractivity contribution in [3.05, 3.63) is 29.6 Å². The Kier molecular flexibility index (Phi) is 3.94. The number of rotatable bonds is 5. The number of ether oxygens (including phenoxy) is 1. The number of nitrogens with one attached hydrogen (secondary N) is 1. The molecule has 0 heterocycles. The van der Waals surface area contributed by atoms with E-state index in [9.17, 15) is 4.39 Å². The molecule has 2 aliphatic carbocycles. The van der Waals surface area contributed by atoms with Crippen molar-refractivity contribution in [2.45, 2.75) is 38.1 Å². The van der Waals surface area contributed by atoms with Crippen LogP contribution in [0.2, 0.25) is 0 Å². The normalized spacial score (nSPS) is 29.6. The smallest absolute Gasteiger partial charge is 0.123 e. The topological polar surface area (TPSA) is 47.3 Å². The Morgan fingerprint density at radius 2 is 2.25 bits per heavy atom. The lowest BCUT2D eigenvalue weighted by molar-refractivity contribution is 0.276. The summed E-state index contributed by atoms with van der Waals surface area (Å²) in [5, 5.41) is 0. The van der Waals surface area contributed by atoms with Crippen LogP contribution < -0.4 is 16.0 Å². The van der Waals surface area contributed by atoms with Crippen molar-refractivity contribution in [2.75, 3.05) is 7.11 Å². The lowest BCUT2D eigenvalue weighted by Gasteiger charge is -2.27. The molecule has 0 aliphatic heterocycles. The van der Waals surface area contributed by atoms with Gasteiger partial charge in [-0.2, -0.15) is 0 Å². The Hall–Kier alpha value is -1.13. The first kappa shape index (κ1) is 13.8. The lowest BCUT2D eigenvalue weighted by atomic mass is 9.83. The fraction of sp³-hybridized carbons (Fsp3) is 0.625. The summed E-state index contributed by atoms with van der Waals surface area (Å²) in [5.74, 6) is 8.66. The zero-order valence-corrected chi connectivity index (χ0v) is 11.9. The molecule has 110 valence electrons.